The fraction of sp³-hybridized carbons (Fsp3) is 0.435. The Labute approximate surface area is 181 Å². The molecule has 1 aliphatic carbocycles. The van der Waals surface area contributed by atoms with Gasteiger partial charge in [0.15, 0.2) is 5.78 Å². The summed E-state index contributed by atoms with van der Waals surface area (Å²) in [5.41, 5.74) is 3.95. The zero-order valence-corrected chi connectivity index (χ0v) is 18.6. The lowest BCUT2D eigenvalue weighted by atomic mass is 10.2. The SMILES string of the molecule is COCCCn1c(C)cc(C(=O)CSc2nc(C3CC3)n(-c3ccccc3)n2)c1C. The summed E-state index contributed by atoms with van der Waals surface area (Å²) in [6.45, 7) is 5.65. The van der Waals surface area contributed by atoms with Gasteiger partial charge in [-0.2, -0.15) is 0 Å². The average Bonchev–Trinajstić information content (AvgIpc) is 3.45. The molecule has 2 aromatic heterocycles. The Morgan fingerprint density at radius 1 is 1.23 bits per heavy atom. The van der Waals surface area contributed by atoms with Crippen molar-refractivity contribution in [2.24, 2.45) is 0 Å². The Balaban J connectivity index is 1.46. The first-order valence-electron chi connectivity index (χ1n) is 10.4. The van der Waals surface area contributed by atoms with Crippen molar-refractivity contribution in [2.45, 2.75) is 50.7 Å². The molecular formula is C23H28N4O2S. The molecule has 0 bridgehead atoms. The monoisotopic (exact) mass is 424 g/mol. The molecule has 6 nitrogen and oxygen atoms in total. The van der Waals surface area contributed by atoms with Gasteiger partial charge in [-0.05, 0) is 51.3 Å². The van der Waals surface area contributed by atoms with Gasteiger partial charge in [-0.25, -0.2) is 9.67 Å². The van der Waals surface area contributed by atoms with Crippen molar-refractivity contribution in [3.8, 4) is 5.69 Å². The predicted molar refractivity (Wildman–Crippen MR) is 119 cm³/mol. The number of aromatic nitrogens is 4. The number of ketones is 1. The smallest absolute Gasteiger partial charge is 0.209 e. The maximum absolute atomic E-state index is 12.9. The molecule has 1 aliphatic rings. The van der Waals surface area contributed by atoms with Crippen molar-refractivity contribution in [2.75, 3.05) is 19.5 Å². The summed E-state index contributed by atoms with van der Waals surface area (Å²) >= 11 is 1.42. The number of carbonyl (C=O) groups is 1. The van der Waals surface area contributed by atoms with Gasteiger partial charge in [-0.15, -0.1) is 5.10 Å². The van der Waals surface area contributed by atoms with E-state index in [0.717, 1.165) is 60.9 Å². The Hall–Kier alpha value is -2.38. The second-order valence-electron chi connectivity index (χ2n) is 7.77. The van der Waals surface area contributed by atoms with Crippen LogP contribution in [0, 0.1) is 13.8 Å². The molecule has 1 fully saturated rings. The molecule has 1 saturated carbocycles. The van der Waals surface area contributed by atoms with Crippen LogP contribution in [0.1, 0.15) is 52.8 Å². The highest BCUT2D eigenvalue weighted by atomic mass is 32.2. The molecule has 0 spiro atoms. The number of para-hydroxylation sites is 1. The number of carbonyl (C=O) groups excluding carboxylic acids is 1. The third-order valence-corrected chi connectivity index (χ3v) is 6.33. The molecule has 0 atom stereocenters. The topological polar surface area (TPSA) is 61.9 Å². The largest absolute Gasteiger partial charge is 0.385 e. The van der Waals surface area contributed by atoms with E-state index >= 15 is 0 Å². The second-order valence-corrected chi connectivity index (χ2v) is 8.71. The minimum Gasteiger partial charge on any atom is -0.385 e. The van der Waals surface area contributed by atoms with Gasteiger partial charge in [0.05, 0.1) is 11.4 Å². The number of aryl methyl sites for hydroxylation is 1. The number of hydrogen-bond donors (Lipinski definition) is 0. The minimum absolute atomic E-state index is 0.120. The molecule has 0 saturated heterocycles. The summed E-state index contributed by atoms with van der Waals surface area (Å²) in [6.07, 6.45) is 3.24. The van der Waals surface area contributed by atoms with Crippen LogP contribution < -0.4 is 0 Å². The first-order valence-corrected chi connectivity index (χ1v) is 11.4. The number of hydrogen-bond acceptors (Lipinski definition) is 5. The lowest BCUT2D eigenvalue weighted by Gasteiger charge is -2.09. The van der Waals surface area contributed by atoms with E-state index in [2.05, 4.69) is 11.5 Å². The van der Waals surface area contributed by atoms with Crippen molar-refractivity contribution < 1.29 is 9.53 Å². The third-order valence-electron chi connectivity index (χ3n) is 5.49. The molecule has 30 heavy (non-hydrogen) atoms. The molecular weight excluding hydrogens is 396 g/mol. The molecule has 158 valence electrons. The van der Waals surface area contributed by atoms with Crippen molar-refractivity contribution >= 4 is 17.5 Å². The number of rotatable bonds is 10. The number of thioether (sulfide) groups is 1. The maximum Gasteiger partial charge on any atom is 0.209 e. The van der Waals surface area contributed by atoms with Crippen LogP contribution in [0.25, 0.3) is 5.69 Å². The van der Waals surface area contributed by atoms with E-state index in [4.69, 9.17) is 14.8 Å². The fourth-order valence-electron chi connectivity index (χ4n) is 3.73. The van der Waals surface area contributed by atoms with E-state index in [1.54, 1.807) is 7.11 Å². The van der Waals surface area contributed by atoms with Gasteiger partial charge < -0.3 is 9.30 Å². The highest BCUT2D eigenvalue weighted by molar-refractivity contribution is 7.99. The van der Waals surface area contributed by atoms with Crippen molar-refractivity contribution in [3.05, 3.63) is 59.2 Å². The summed E-state index contributed by atoms with van der Waals surface area (Å²) in [4.78, 5) is 17.7. The zero-order chi connectivity index (χ0) is 21.1. The van der Waals surface area contributed by atoms with Crippen LogP contribution in [0.2, 0.25) is 0 Å². The van der Waals surface area contributed by atoms with Gasteiger partial charge >= 0.3 is 0 Å². The van der Waals surface area contributed by atoms with E-state index in [1.165, 1.54) is 11.8 Å². The van der Waals surface area contributed by atoms with Gasteiger partial charge in [0.1, 0.15) is 5.82 Å². The van der Waals surface area contributed by atoms with Crippen LogP contribution in [0.5, 0.6) is 0 Å². The summed E-state index contributed by atoms with van der Waals surface area (Å²) in [5.74, 6) is 1.95. The van der Waals surface area contributed by atoms with Gasteiger partial charge in [0.25, 0.3) is 0 Å². The summed E-state index contributed by atoms with van der Waals surface area (Å²) in [6, 6.07) is 12.1. The molecule has 0 amide bonds. The molecule has 0 aliphatic heterocycles. The molecule has 1 aromatic carbocycles. The van der Waals surface area contributed by atoms with Crippen LogP contribution in [0.15, 0.2) is 41.6 Å². The Morgan fingerprint density at radius 2 is 2.00 bits per heavy atom. The normalized spacial score (nSPS) is 13.7. The second kappa shape index (κ2) is 9.18. The van der Waals surface area contributed by atoms with Crippen LogP contribution in [0.3, 0.4) is 0 Å². The number of ether oxygens (including phenoxy) is 1. The van der Waals surface area contributed by atoms with E-state index in [9.17, 15) is 4.79 Å². The van der Waals surface area contributed by atoms with E-state index < -0.39 is 0 Å². The fourth-order valence-corrected chi connectivity index (χ4v) is 4.45. The number of benzene rings is 1. The Kier molecular flexibility index (Phi) is 6.39. The molecule has 3 aromatic rings. The first-order chi connectivity index (χ1) is 14.6. The van der Waals surface area contributed by atoms with Gasteiger partial charge in [0.2, 0.25) is 5.16 Å². The number of nitrogens with zero attached hydrogens (tertiary/aromatic N) is 4. The standard InChI is InChI=1S/C23H28N4O2S/c1-16-14-20(17(2)26(16)12-7-13-29-3)21(28)15-30-23-24-22(18-10-11-18)27(25-23)19-8-5-4-6-9-19/h4-6,8-9,14,18H,7,10-13,15H2,1-3H3. The maximum atomic E-state index is 12.9. The first kappa shape index (κ1) is 20.9. The number of Topliss-reactive ketones (excluding diaryl/α,β-unsaturated/α-hetero) is 1. The molecule has 0 radical (unpaired) electrons. The highest BCUT2D eigenvalue weighted by Gasteiger charge is 2.30. The minimum atomic E-state index is 0.120. The van der Waals surface area contributed by atoms with Crippen LogP contribution in [0.4, 0.5) is 0 Å². The lowest BCUT2D eigenvalue weighted by Crippen LogP contribution is -2.08. The van der Waals surface area contributed by atoms with Gasteiger partial charge in [-0.3, -0.25) is 4.79 Å². The zero-order valence-electron chi connectivity index (χ0n) is 17.8. The van der Waals surface area contributed by atoms with E-state index in [1.807, 2.05) is 48.0 Å². The molecule has 0 unspecified atom stereocenters. The van der Waals surface area contributed by atoms with E-state index in [0.29, 0.717) is 16.8 Å². The van der Waals surface area contributed by atoms with Crippen molar-refractivity contribution in [3.63, 3.8) is 0 Å². The molecule has 2 heterocycles. The quantitative estimate of drug-likeness (QED) is 0.271. The summed E-state index contributed by atoms with van der Waals surface area (Å²) in [7, 11) is 1.71. The average molecular weight is 425 g/mol. The van der Waals surface area contributed by atoms with Crippen LogP contribution in [-0.2, 0) is 11.3 Å². The highest BCUT2D eigenvalue weighted by Crippen LogP contribution is 2.40. The van der Waals surface area contributed by atoms with Gasteiger partial charge in [-0.1, -0.05) is 30.0 Å². The third kappa shape index (κ3) is 4.52. The van der Waals surface area contributed by atoms with Crippen molar-refractivity contribution in [1.82, 2.24) is 19.3 Å². The van der Waals surface area contributed by atoms with Crippen LogP contribution >= 0.6 is 11.8 Å². The Morgan fingerprint density at radius 3 is 2.70 bits per heavy atom. The van der Waals surface area contributed by atoms with Crippen LogP contribution in [-0.4, -0.2) is 44.6 Å². The Bertz CT molecular complexity index is 1020. The van der Waals surface area contributed by atoms with E-state index in [-0.39, 0.29) is 5.78 Å². The number of methoxy groups -OCH3 is 1. The lowest BCUT2D eigenvalue weighted by molar-refractivity contribution is 0.102. The molecule has 0 N–H and O–H groups in total. The summed E-state index contributed by atoms with van der Waals surface area (Å²) < 4.78 is 9.29. The summed E-state index contributed by atoms with van der Waals surface area (Å²) in [5, 5.41) is 5.37. The van der Waals surface area contributed by atoms with Crippen molar-refractivity contribution in [1.29, 1.82) is 0 Å². The van der Waals surface area contributed by atoms with Gasteiger partial charge in [0, 0.05) is 43.1 Å². The predicted octanol–water partition coefficient (Wildman–Crippen LogP) is 4.57. The molecule has 4 rings (SSSR count). The molecule has 7 heteroatoms.